The van der Waals surface area contributed by atoms with Crippen molar-refractivity contribution in [3.8, 4) is 0 Å². The lowest BCUT2D eigenvalue weighted by Crippen LogP contribution is -2.43. The Morgan fingerprint density at radius 1 is 1.27 bits per heavy atom. The summed E-state index contributed by atoms with van der Waals surface area (Å²) in [7, 11) is 0. The minimum atomic E-state index is -0.635. The second-order valence-corrected chi connectivity index (χ2v) is 4.00. The average molecular weight is 154 g/mol. The van der Waals surface area contributed by atoms with Gasteiger partial charge in [0, 0.05) is 0 Å². The van der Waals surface area contributed by atoms with Crippen LogP contribution in [0.3, 0.4) is 0 Å². The fraction of sp³-hybridized carbons (Fsp3) is 0.875. The maximum Gasteiger partial charge on any atom is 0.238 e. The van der Waals surface area contributed by atoms with Crippen molar-refractivity contribution in [1.29, 1.82) is 0 Å². The van der Waals surface area contributed by atoms with Crippen molar-refractivity contribution in [1.82, 2.24) is 0 Å². The molecule has 0 aliphatic heterocycles. The van der Waals surface area contributed by atoms with Gasteiger partial charge in [0.1, 0.15) is 5.54 Å². The Kier molecular flexibility index (Phi) is 1.15. The molecule has 1 spiro atoms. The molecule has 4 N–H and O–H groups in total. The summed E-state index contributed by atoms with van der Waals surface area (Å²) in [6, 6.07) is 0. The van der Waals surface area contributed by atoms with E-state index in [1.807, 2.05) is 0 Å². The van der Waals surface area contributed by atoms with Crippen LogP contribution in [0.5, 0.6) is 0 Å². The molecule has 1 amide bonds. The largest absolute Gasteiger partial charge is 0.368 e. The minimum absolute atomic E-state index is 0.124. The summed E-state index contributed by atoms with van der Waals surface area (Å²) in [4.78, 5) is 10.9. The van der Waals surface area contributed by atoms with E-state index in [0.29, 0.717) is 0 Å². The van der Waals surface area contributed by atoms with Crippen LogP contribution in [0.25, 0.3) is 0 Å². The zero-order chi connectivity index (χ0) is 8.11. The molecule has 3 nitrogen and oxygen atoms in total. The van der Waals surface area contributed by atoms with Crippen LogP contribution >= 0.6 is 0 Å². The van der Waals surface area contributed by atoms with Crippen LogP contribution in [0.4, 0.5) is 0 Å². The van der Waals surface area contributed by atoms with Gasteiger partial charge in [0.05, 0.1) is 0 Å². The number of hydrogen-bond donors (Lipinski definition) is 2. The zero-order valence-electron chi connectivity index (χ0n) is 6.60. The Morgan fingerprint density at radius 3 is 2.18 bits per heavy atom. The fourth-order valence-corrected chi connectivity index (χ4v) is 2.51. The summed E-state index contributed by atoms with van der Waals surface area (Å²) < 4.78 is 0. The molecule has 2 saturated carbocycles. The molecule has 0 bridgehead atoms. The van der Waals surface area contributed by atoms with Gasteiger partial charge < -0.3 is 11.5 Å². The van der Waals surface area contributed by atoms with E-state index in [2.05, 4.69) is 0 Å². The van der Waals surface area contributed by atoms with E-state index in [9.17, 15) is 4.79 Å². The van der Waals surface area contributed by atoms with E-state index < -0.39 is 5.54 Å². The van der Waals surface area contributed by atoms with E-state index in [0.717, 1.165) is 19.3 Å². The minimum Gasteiger partial charge on any atom is -0.368 e. The lowest BCUT2D eigenvalue weighted by atomic mass is 9.98. The smallest absolute Gasteiger partial charge is 0.238 e. The summed E-state index contributed by atoms with van der Waals surface area (Å²) in [6.45, 7) is 0. The van der Waals surface area contributed by atoms with Crippen molar-refractivity contribution in [2.24, 2.45) is 16.9 Å². The standard InChI is InChI=1S/C8H14N2O/c9-6(11)8(10)5-7(8)3-1-2-4-7/h1-5,10H2,(H2,9,11). The van der Waals surface area contributed by atoms with Crippen molar-refractivity contribution in [2.75, 3.05) is 0 Å². The summed E-state index contributed by atoms with van der Waals surface area (Å²) in [5, 5.41) is 0. The van der Waals surface area contributed by atoms with Gasteiger partial charge in [0.25, 0.3) is 0 Å². The summed E-state index contributed by atoms with van der Waals surface area (Å²) in [5.74, 6) is -0.306. The van der Waals surface area contributed by atoms with Gasteiger partial charge in [-0.25, -0.2) is 0 Å². The number of carbonyl (C=O) groups excluding carboxylic acids is 1. The molecule has 62 valence electrons. The molecule has 0 saturated heterocycles. The molecule has 0 radical (unpaired) electrons. The fourth-order valence-electron chi connectivity index (χ4n) is 2.51. The van der Waals surface area contributed by atoms with Crippen LogP contribution in [0.15, 0.2) is 0 Å². The van der Waals surface area contributed by atoms with Crippen LogP contribution in [0, 0.1) is 5.41 Å². The molecule has 2 rings (SSSR count). The number of amides is 1. The number of primary amides is 1. The normalized spacial score (nSPS) is 39.4. The topological polar surface area (TPSA) is 69.1 Å². The van der Waals surface area contributed by atoms with Crippen LogP contribution in [-0.2, 0) is 4.79 Å². The van der Waals surface area contributed by atoms with Gasteiger partial charge >= 0.3 is 0 Å². The molecule has 0 heterocycles. The molecule has 1 atom stereocenters. The van der Waals surface area contributed by atoms with Crippen LogP contribution in [-0.4, -0.2) is 11.4 Å². The lowest BCUT2D eigenvalue weighted by Gasteiger charge is -2.12. The van der Waals surface area contributed by atoms with E-state index in [4.69, 9.17) is 11.5 Å². The third-order valence-electron chi connectivity index (χ3n) is 3.44. The van der Waals surface area contributed by atoms with Crippen molar-refractivity contribution < 1.29 is 4.79 Å². The molecule has 1 unspecified atom stereocenters. The number of nitrogens with two attached hydrogens (primary N) is 2. The van der Waals surface area contributed by atoms with Gasteiger partial charge in [0.2, 0.25) is 5.91 Å². The van der Waals surface area contributed by atoms with Crippen LogP contribution in [0.1, 0.15) is 32.1 Å². The maximum atomic E-state index is 10.9. The number of rotatable bonds is 1. The van der Waals surface area contributed by atoms with Crippen molar-refractivity contribution in [3.63, 3.8) is 0 Å². The highest BCUT2D eigenvalue weighted by Crippen LogP contribution is 2.63. The maximum absolute atomic E-state index is 10.9. The monoisotopic (exact) mass is 154 g/mol. The van der Waals surface area contributed by atoms with Crippen LogP contribution < -0.4 is 11.5 Å². The Bertz CT molecular complexity index is 208. The Balaban J connectivity index is 2.17. The van der Waals surface area contributed by atoms with Gasteiger partial charge in [-0.15, -0.1) is 0 Å². The van der Waals surface area contributed by atoms with Gasteiger partial charge in [-0.2, -0.15) is 0 Å². The highest BCUT2D eigenvalue weighted by Gasteiger charge is 2.69. The Labute approximate surface area is 66.1 Å². The highest BCUT2D eigenvalue weighted by molar-refractivity contribution is 5.89. The first-order valence-corrected chi connectivity index (χ1v) is 4.20. The molecule has 0 aromatic heterocycles. The molecule has 11 heavy (non-hydrogen) atoms. The Hall–Kier alpha value is -0.570. The molecule has 0 aromatic rings. The van der Waals surface area contributed by atoms with E-state index in [1.165, 1.54) is 12.8 Å². The molecule has 2 aliphatic carbocycles. The first-order valence-electron chi connectivity index (χ1n) is 4.20. The van der Waals surface area contributed by atoms with E-state index in [1.54, 1.807) is 0 Å². The van der Waals surface area contributed by atoms with Gasteiger partial charge in [-0.1, -0.05) is 12.8 Å². The molecule has 2 aliphatic rings. The molecular weight excluding hydrogens is 140 g/mol. The van der Waals surface area contributed by atoms with Crippen molar-refractivity contribution >= 4 is 5.91 Å². The highest BCUT2D eigenvalue weighted by atomic mass is 16.1. The lowest BCUT2D eigenvalue weighted by molar-refractivity contribution is -0.121. The first-order chi connectivity index (χ1) is 5.11. The number of carbonyl (C=O) groups is 1. The van der Waals surface area contributed by atoms with Crippen molar-refractivity contribution in [3.05, 3.63) is 0 Å². The van der Waals surface area contributed by atoms with Crippen LogP contribution in [0.2, 0.25) is 0 Å². The molecular formula is C8H14N2O. The number of hydrogen-bond acceptors (Lipinski definition) is 2. The third kappa shape index (κ3) is 0.692. The third-order valence-corrected chi connectivity index (χ3v) is 3.44. The second kappa shape index (κ2) is 1.78. The summed E-state index contributed by atoms with van der Waals surface area (Å²) >= 11 is 0. The van der Waals surface area contributed by atoms with Gasteiger partial charge in [-0.3, -0.25) is 4.79 Å². The van der Waals surface area contributed by atoms with E-state index >= 15 is 0 Å². The Morgan fingerprint density at radius 2 is 1.82 bits per heavy atom. The predicted octanol–water partition coefficient (Wildman–Crippen LogP) is 0.133. The van der Waals surface area contributed by atoms with Gasteiger partial charge in [-0.05, 0) is 24.7 Å². The molecule has 3 heteroatoms. The predicted molar refractivity (Wildman–Crippen MR) is 41.6 cm³/mol. The quantitative estimate of drug-likeness (QED) is 0.563. The first kappa shape index (κ1) is 7.10. The molecule has 2 fully saturated rings. The summed E-state index contributed by atoms with van der Waals surface area (Å²) in [6.07, 6.45) is 5.46. The molecule has 0 aromatic carbocycles. The second-order valence-electron chi connectivity index (χ2n) is 4.00. The summed E-state index contributed by atoms with van der Waals surface area (Å²) in [5.41, 5.74) is 10.6. The van der Waals surface area contributed by atoms with Gasteiger partial charge in [0.15, 0.2) is 0 Å². The average Bonchev–Trinajstić information content (AvgIpc) is 2.38. The SMILES string of the molecule is NC(=O)C1(N)CC12CCCC2. The van der Waals surface area contributed by atoms with E-state index in [-0.39, 0.29) is 11.3 Å². The zero-order valence-corrected chi connectivity index (χ0v) is 6.60. The van der Waals surface area contributed by atoms with Crippen molar-refractivity contribution in [2.45, 2.75) is 37.6 Å².